The molecule has 0 amide bonds. The van der Waals surface area contributed by atoms with Crippen molar-refractivity contribution in [1.29, 1.82) is 0 Å². The topological polar surface area (TPSA) is 45.8 Å². The van der Waals surface area contributed by atoms with Crippen LogP contribution in [0.1, 0.15) is 25.0 Å². The van der Waals surface area contributed by atoms with E-state index in [0.717, 1.165) is 17.7 Å². The molecule has 2 aromatic rings. The molecule has 0 saturated heterocycles. The van der Waals surface area contributed by atoms with Gasteiger partial charge in [0.15, 0.2) is 0 Å². The summed E-state index contributed by atoms with van der Waals surface area (Å²) in [5, 5.41) is 6.57. The van der Waals surface area contributed by atoms with E-state index in [9.17, 15) is 4.79 Å². The van der Waals surface area contributed by atoms with Gasteiger partial charge in [0.2, 0.25) is 0 Å². The third-order valence-electron chi connectivity index (χ3n) is 2.88. The molecule has 0 saturated carbocycles. The van der Waals surface area contributed by atoms with Gasteiger partial charge in [0.25, 0.3) is 5.56 Å². The zero-order chi connectivity index (χ0) is 13.1. The molecule has 1 aromatic carbocycles. The lowest BCUT2D eigenvalue weighted by Crippen LogP contribution is -2.11. The lowest BCUT2D eigenvalue weighted by Gasteiger charge is -2.06. The van der Waals surface area contributed by atoms with Gasteiger partial charge in [-0.3, -0.25) is 4.79 Å². The molecule has 0 radical (unpaired) electrons. The molecule has 0 atom stereocenters. The lowest BCUT2D eigenvalue weighted by atomic mass is 10.0. The second-order valence-electron chi connectivity index (χ2n) is 5.06. The Kier molecular flexibility index (Phi) is 3.60. The Morgan fingerprint density at radius 2 is 1.89 bits per heavy atom. The summed E-state index contributed by atoms with van der Waals surface area (Å²) < 4.78 is 0. The Balaban J connectivity index is 2.28. The van der Waals surface area contributed by atoms with Crippen molar-refractivity contribution in [2.24, 2.45) is 5.92 Å². The Morgan fingerprint density at radius 1 is 1.22 bits per heavy atom. The van der Waals surface area contributed by atoms with Gasteiger partial charge in [0, 0.05) is 11.1 Å². The van der Waals surface area contributed by atoms with E-state index in [1.807, 2.05) is 6.07 Å². The van der Waals surface area contributed by atoms with Crippen LogP contribution in [0.5, 0.6) is 0 Å². The lowest BCUT2D eigenvalue weighted by molar-refractivity contribution is 0.647. The van der Waals surface area contributed by atoms with Crippen molar-refractivity contribution in [3.8, 4) is 11.3 Å². The minimum absolute atomic E-state index is 0.129. The molecule has 2 rings (SSSR count). The number of hydrogen-bond acceptors (Lipinski definition) is 2. The molecular formula is C15H18N2O. The van der Waals surface area contributed by atoms with Crippen LogP contribution in [-0.4, -0.2) is 10.2 Å². The number of aryl methyl sites for hydroxylation is 1. The van der Waals surface area contributed by atoms with Crippen LogP contribution in [0.2, 0.25) is 0 Å². The SMILES string of the molecule is Cc1cc(-c2ccc(CC(C)C)cc2)n[nH]c1=O. The smallest absolute Gasteiger partial charge is 0.267 e. The number of rotatable bonds is 3. The molecule has 0 spiro atoms. The highest BCUT2D eigenvalue weighted by atomic mass is 16.1. The number of nitrogens with zero attached hydrogens (tertiary/aromatic N) is 1. The van der Waals surface area contributed by atoms with Gasteiger partial charge in [0.1, 0.15) is 0 Å². The van der Waals surface area contributed by atoms with Crippen LogP contribution >= 0.6 is 0 Å². The molecule has 18 heavy (non-hydrogen) atoms. The highest BCUT2D eigenvalue weighted by Crippen LogP contribution is 2.18. The third kappa shape index (κ3) is 2.86. The number of aromatic nitrogens is 2. The molecule has 1 heterocycles. The molecule has 1 aromatic heterocycles. The Hall–Kier alpha value is -1.90. The zero-order valence-electron chi connectivity index (χ0n) is 11.0. The van der Waals surface area contributed by atoms with Crippen molar-refractivity contribution in [1.82, 2.24) is 10.2 Å². The van der Waals surface area contributed by atoms with Gasteiger partial charge in [-0.1, -0.05) is 38.1 Å². The third-order valence-corrected chi connectivity index (χ3v) is 2.88. The maximum Gasteiger partial charge on any atom is 0.267 e. The van der Waals surface area contributed by atoms with E-state index in [4.69, 9.17) is 0 Å². The van der Waals surface area contributed by atoms with Crippen molar-refractivity contribution in [3.05, 3.63) is 51.8 Å². The summed E-state index contributed by atoms with van der Waals surface area (Å²) in [5.74, 6) is 0.657. The quantitative estimate of drug-likeness (QED) is 0.899. The van der Waals surface area contributed by atoms with Gasteiger partial charge in [-0.25, -0.2) is 5.10 Å². The second-order valence-corrected chi connectivity index (χ2v) is 5.06. The molecule has 1 N–H and O–H groups in total. The number of H-pyrrole nitrogens is 1. The van der Waals surface area contributed by atoms with Crippen LogP contribution in [0, 0.1) is 12.8 Å². The monoisotopic (exact) mass is 242 g/mol. The number of aromatic amines is 1. The van der Waals surface area contributed by atoms with Crippen LogP contribution in [0.4, 0.5) is 0 Å². The van der Waals surface area contributed by atoms with Crippen LogP contribution < -0.4 is 5.56 Å². The molecule has 3 heteroatoms. The van der Waals surface area contributed by atoms with Gasteiger partial charge in [-0.2, -0.15) is 5.10 Å². The van der Waals surface area contributed by atoms with Crippen molar-refractivity contribution in [3.63, 3.8) is 0 Å². The van der Waals surface area contributed by atoms with E-state index in [1.54, 1.807) is 6.92 Å². The summed E-state index contributed by atoms with van der Waals surface area (Å²) in [6, 6.07) is 10.2. The van der Waals surface area contributed by atoms with Crippen molar-refractivity contribution >= 4 is 0 Å². The molecular weight excluding hydrogens is 224 g/mol. The summed E-state index contributed by atoms with van der Waals surface area (Å²) in [4.78, 5) is 11.3. The maximum atomic E-state index is 11.3. The van der Waals surface area contributed by atoms with E-state index in [1.165, 1.54) is 5.56 Å². The van der Waals surface area contributed by atoms with Gasteiger partial charge in [-0.15, -0.1) is 0 Å². The average Bonchev–Trinajstić information content (AvgIpc) is 2.33. The predicted octanol–water partition coefficient (Wildman–Crippen LogP) is 2.94. The first-order chi connectivity index (χ1) is 8.56. The minimum Gasteiger partial charge on any atom is -0.268 e. The predicted molar refractivity (Wildman–Crippen MR) is 73.6 cm³/mol. The van der Waals surface area contributed by atoms with Gasteiger partial charge in [0.05, 0.1) is 5.69 Å². The van der Waals surface area contributed by atoms with Gasteiger partial charge in [-0.05, 0) is 30.9 Å². The fourth-order valence-corrected chi connectivity index (χ4v) is 1.93. The summed E-state index contributed by atoms with van der Waals surface area (Å²) in [7, 11) is 0. The highest BCUT2D eigenvalue weighted by molar-refractivity contribution is 5.59. The van der Waals surface area contributed by atoms with Crippen molar-refractivity contribution in [2.45, 2.75) is 27.2 Å². The summed E-state index contributed by atoms with van der Waals surface area (Å²) >= 11 is 0. The normalized spacial score (nSPS) is 10.9. The van der Waals surface area contributed by atoms with E-state index in [2.05, 4.69) is 48.3 Å². The van der Waals surface area contributed by atoms with Crippen LogP contribution in [0.3, 0.4) is 0 Å². The first-order valence-corrected chi connectivity index (χ1v) is 6.22. The van der Waals surface area contributed by atoms with Crippen LogP contribution in [-0.2, 0) is 6.42 Å². The molecule has 94 valence electrons. The van der Waals surface area contributed by atoms with Crippen LogP contribution in [0.15, 0.2) is 35.1 Å². The standard InChI is InChI=1S/C15H18N2O/c1-10(2)8-12-4-6-13(7-5-12)14-9-11(3)15(18)17-16-14/h4-7,9-10H,8H2,1-3H3,(H,17,18). The number of benzene rings is 1. The fourth-order valence-electron chi connectivity index (χ4n) is 1.93. The largest absolute Gasteiger partial charge is 0.268 e. The van der Waals surface area contributed by atoms with E-state index >= 15 is 0 Å². The fraction of sp³-hybridized carbons (Fsp3) is 0.333. The van der Waals surface area contributed by atoms with Crippen molar-refractivity contribution < 1.29 is 0 Å². The molecule has 0 aliphatic rings. The molecule has 0 fully saturated rings. The zero-order valence-corrected chi connectivity index (χ0v) is 11.0. The number of nitrogens with one attached hydrogen (secondary N) is 1. The van der Waals surface area contributed by atoms with E-state index < -0.39 is 0 Å². The summed E-state index contributed by atoms with van der Waals surface area (Å²) in [6.07, 6.45) is 1.08. The summed E-state index contributed by atoms with van der Waals surface area (Å²) in [6.45, 7) is 6.21. The Bertz CT molecular complexity index is 582. The molecule has 0 unspecified atom stereocenters. The van der Waals surface area contributed by atoms with E-state index in [0.29, 0.717) is 11.5 Å². The minimum atomic E-state index is -0.129. The van der Waals surface area contributed by atoms with Crippen molar-refractivity contribution in [2.75, 3.05) is 0 Å². The average molecular weight is 242 g/mol. The second kappa shape index (κ2) is 5.17. The first kappa shape index (κ1) is 12.6. The highest BCUT2D eigenvalue weighted by Gasteiger charge is 2.03. The molecule has 0 aliphatic heterocycles. The van der Waals surface area contributed by atoms with Gasteiger partial charge < -0.3 is 0 Å². The molecule has 3 nitrogen and oxygen atoms in total. The van der Waals surface area contributed by atoms with Crippen LogP contribution in [0.25, 0.3) is 11.3 Å². The number of hydrogen-bond donors (Lipinski definition) is 1. The Labute approximate surface area is 107 Å². The maximum absolute atomic E-state index is 11.3. The first-order valence-electron chi connectivity index (χ1n) is 6.22. The molecule has 0 bridgehead atoms. The van der Waals surface area contributed by atoms with E-state index in [-0.39, 0.29) is 5.56 Å². The molecule has 0 aliphatic carbocycles. The summed E-state index contributed by atoms with van der Waals surface area (Å²) in [5.41, 5.74) is 3.72. The Morgan fingerprint density at radius 3 is 2.44 bits per heavy atom. The van der Waals surface area contributed by atoms with Gasteiger partial charge >= 0.3 is 0 Å².